The number of fused-ring (bicyclic) bond motifs is 1. The van der Waals surface area contributed by atoms with Gasteiger partial charge in [-0.05, 0) is 61.1 Å². The van der Waals surface area contributed by atoms with Crippen molar-refractivity contribution < 1.29 is 9.53 Å². The number of halogens is 2. The van der Waals surface area contributed by atoms with Gasteiger partial charge in [-0.15, -0.1) is 0 Å². The Bertz CT molecular complexity index is 693. The average molecular weight is 433 g/mol. The minimum Gasteiger partial charge on any atom is -0.477 e. The number of benzene rings is 1. The van der Waals surface area contributed by atoms with Gasteiger partial charge in [0.25, 0.3) is 5.91 Å². The standard InChI is InChI=1S/C16H18ClIN2O2/c1-4-9(2)20-16(21)10(3)22-15-13(18)8-12(17)11-6-5-7-19-14(11)15/h5-10H,4H2,1-3H3,(H,20,21)/t9-,10-/m0/s1. The maximum absolute atomic E-state index is 12.1. The van der Waals surface area contributed by atoms with E-state index in [1.54, 1.807) is 13.1 Å². The molecule has 0 saturated heterocycles. The molecule has 1 aromatic heterocycles. The van der Waals surface area contributed by atoms with Crippen LogP contribution in [0.5, 0.6) is 5.75 Å². The topological polar surface area (TPSA) is 51.2 Å². The summed E-state index contributed by atoms with van der Waals surface area (Å²) in [5.74, 6) is 0.455. The van der Waals surface area contributed by atoms with Gasteiger partial charge in [0.1, 0.15) is 5.52 Å². The fourth-order valence-corrected chi connectivity index (χ4v) is 3.09. The van der Waals surface area contributed by atoms with Crippen molar-refractivity contribution >= 4 is 51.0 Å². The van der Waals surface area contributed by atoms with Gasteiger partial charge >= 0.3 is 0 Å². The first-order chi connectivity index (χ1) is 10.4. The van der Waals surface area contributed by atoms with Crippen LogP contribution in [0, 0.1) is 3.57 Å². The van der Waals surface area contributed by atoms with E-state index in [1.165, 1.54) is 0 Å². The molecule has 0 aliphatic heterocycles. The van der Waals surface area contributed by atoms with Crippen LogP contribution in [-0.4, -0.2) is 23.0 Å². The highest BCUT2D eigenvalue weighted by Gasteiger charge is 2.20. The lowest BCUT2D eigenvalue weighted by atomic mass is 10.2. The summed E-state index contributed by atoms with van der Waals surface area (Å²) in [5.41, 5.74) is 0.669. The van der Waals surface area contributed by atoms with Gasteiger partial charge in [-0.2, -0.15) is 0 Å². The summed E-state index contributed by atoms with van der Waals surface area (Å²) in [7, 11) is 0. The second-order valence-corrected chi connectivity index (χ2v) is 6.72. The lowest BCUT2D eigenvalue weighted by molar-refractivity contribution is -0.127. The van der Waals surface area contributed by atoms with Crippen molar-refractivity contribution in [3.8, 4) is 5.75 Å². The van der Waals surface area contributed by atoms with Gasteiger partial charge in [0, 0.05) is 17.6 Å². The number of ether oxygens (including phenoxy) is 1. The number of nitrogens with one attached hydrogen (secondary N) is 1. The third-order valence-corrected chi connectivity index (χ3v) is 4.53. The number of hydrogen-bond acceptors (Lipinski definition) is 3. The summed E-state index contributed by atoms with van der Waals surface area (Å²) < 4.78 is 6.71. The second kappa shape index (κ2) is 7.46. The van der Waals surface area contributed by atoms with Gasteiger partial charge in [-0.1, -0.05) is 18.5 Å². The molecule has 1 aromatic carbocycles. The molecule has 0 fully saturated rings. The van der Waals surface area contributed by atoms with Gasteiger partial charge in [0.15, 0.2) is 11.9 Å². The van der Waals surface area contributed by atoms with E-state index in [1.807, 2.05) is 32.0 Å². The largest absolute Gasteiger partial charge is 0.477 e. The Kier molecular flexibility index (Phi) is 5.86. The van der Waals surface area contributed by atoms with Crippen molar-refractivity contribution in [3.05, 3.63) is 33.0 Å². The van der Waals surface area contributed by atoms with Crippen LogP contribution in [0.2, 0.25) is 5.02 Å². The summed E-state index contributed by atoms with van der Waals surface area (Å²) in [6, 6.07) is 5.65. The molecule has 2 atom stereocenters. The number of rotatable bonds is 5. The van der Waals surface area contributed by atoms with Crippen LogP contribution in [0.3, 0.4) is 0 Å². The molecule has 0 saturated carbocycles. The maximum atomic E-state index is 12.1. The van der Waals surface area contributed by atoms with Gasteiger partial charge < -0.3 is 10.1 Å². The number of amides is 1. The van der Waals surface area contributed by atoms with Crippen LogP contribution >= 0.6 is 34.2 Å². The normalized spacial score (nSPS) is 13.7. The Hall–Kier alpha value is -1.08. The van der Waals surface area contributed by atoms with E-state index in [0.717, 1.165) is 15.4 Å². The highest BCUT2D eigenvalue weighted by atomic mass is 127. The zero-order chi connectivity index (χ0) is 16.3. The summed E-state index contributed by atoms with van der Waals surface area (Å²) in [6.07, 6.45) is 1.96. The number of carbonyl (C=O) groups is 1. The second-order valence-electron chi connectivity index (χ2n) is 5.15. The molecule has 0 aliphatic carbocycles. The third kappa shape index (κ3) is 3.81. The maximum Gasteiger partial charge on any atom is 0.260 e. The third-order valence-electron chi connectivity index (χ3n) is 3.42. The van der Waals surface area contributed by atoms with Gasteiger partial charge in [-0.3, -0.25) is 9.78 Å². The minimum absolute atomic E-state index is 0.123. The van der Waals surface area contributed by atoms with Crippen molar-refractivity contribution in [2.24, 2.45) is 0 Å². The van der Waals surface area contributed by atoms with Crippen molar-refractivity contribution in [1.82, 2.24) is 10.3 Å². The number of pyridine rings is 1. The molecule has 1 amide bonds. The van der Waals surface area contributed by atoms with Crippen molar-refractivity contribution in [3.63, 3.8) is 0 Å². The number of carbonyl (C=O) groups excluding carboxylic acids is 1. The number of hydrogen-bond donors (Lipinski definition) is 1. The van der Waals surface area contributed by atoms with Crippen LogP contribution in [0.1, 0.15) is 27.2 Å². The fraction of sp³-hybridized carbons (Fsp3) is 0.375. The highest BCUT2D eigenvalue weighted by molar-refractivity contribution is 14.1. The molecular formula is C16H18ClIN2O2. The molecule has 22 heavy (non-hydrogen) atoms. The molecule has 6 heteroatoms. The monoisotopic (exact) mass is 432 g/mol. The van der Waals surface area contributed by atoms with E-state index in [9.17, 15) is 4.79 Å². The first kappa shape index (κ1) is 17.3. The molecule has 1 N–H and O–H groups in total. The quantitative estimate of drug-likeness (QED) is 0.721. The Labute approximate surface area is 148 Å². The predicted molar refractivity (Wildman–Crippen MR) is 97.5 cm³/mol. The molecule has 118 valence electrons. The van der Waals surface area contributed by atoms with Gasteiger partial charge in [0.2, 0.25) is 0 Å². The van der Waals surface area contributed by atoms with Gasteiger partial charge in [-0.25, -0.2) is 0 Å². The van der Waals surface area contributed by atoms with Crippen LogP contribution in [0.4, 0.5) is 0 Å². The van der Waals surface area contributed by atoms with Crippen molar-refractivity contribution in [1.29, 1.82) is 0 Å². The fourth-order valence-electron chi connectivity index (χ4n) is 1.95. The Morgan fingerprint density at radius 1 is 1.50 bits per heavy atom. The molecule has 2 rings (SSSR count). The van der Waals surface area contributed by atoms with Crippen LogP contribution < -0.4 is 10.1 Å². The van der Waals surface area contributed by atoms with Crippen molar-refractivity contribution in [2.45, 2.75) is 39.3 Å². The summed E-state index contributed by atoms with van der Waals surface area (Å²) in [5, 5.41) is 4.35. The van der Waals surface area contributed by atoms with E-state index in [-0.39, 0.29) is 11.9 Å². The molecule has 0 aliphatic rings. The van der Waals surface area contributed by atoms with E-state index in [2.05, 4.69) is 32.9 Å². The molecule has 0 bridgehead atoms. The first-order valence-electron chi connectivity index (χ1n) is 7.13. The van der Waals surface area contributed by atoms with Crippen LogP contribution in [-0.2, 0) is 4.79 Å². The van der Waals surface area contributed by atoms with Crippen molar-refractivity contribution in [2.75, 3.05) is 0 Å². The van der Waals surface area contributed by atoms with Gasteiger partial charge in [0.05, 0.1) is 8.59 Å². The zero-order valence-corrected chi connectivity index (χ0v) is 15.6. The molecule has 0 radical (unpaired) electrons. The van der Waals surface area contributed by atoms with E-state index >= 15 is 0 Å². The molecule has 1 heterocycles. The Morgan fingerprint density at radius 3 is 2.91 bits per heavy atom. The first-order valence-corrected chi connectivity index (χ1v) is 8.59. The minimum atomic E-state index is -0.603. The SMILES string of the molecule is CC[C@H](C)NC(=O)[C@H](C)Oc1c(I)cc(Cl)c2cccnc12. The number of aromatic nitrogens is 1. The molecule has 4 nitrogen and oxygen atoms in total. The highest BCUT2D eigenvalue weighted by Crippen LogP contribution is 2.35. The Morgan fingerprint density at radius 2 is 2.23 bits per heavy atom. The van der Waals surface area contributed by atoms with Crippen LogP contribution in [0.25, 0.3) is 10.9 Å². The predicted octanol–water partition coefficient (Wildman–Crippen LogP) is 4.17. The molecule has 0 spiro atoms. The molecular weight excluding hydrogens is 415 g/mol. The lowest BCUT2D eigenvalue weighted by Gasteiger charge is -2.19. The lowest BCUT2D eigenvalue weighted by Crippen LogP contribution is -2.41. The average Bonchev–Trinajstić information content (AvgIpc) is 2.50. The summed E-state index contributed by atoms with van der Waals surface area (Å²) >= 11 is 8.38. The summed E-state index contributed by atoms with van der Waals surface area (Å²) in [4.78, 5) is 16.5. The number of nitrogens with zero attached hydrogens (tertiary/aromatic N) is 1. The van der Waals surface area contributed by atoms with E-state index < -0.39 is 6.10 Å². The van der Waals surface area contributed by atoms with E-state index in [0.29, 0.717) is 16.3 Å². The van der Waals surface area contributed by atoms with Crippen LogP contribution in [0.15, 0.2) is 24.4 Å². The van der Waals surface area contributed by atoms with E-state index in [4.69, 9.17) is 16.3 Å². The molecule has 2 aromatic rings. The summed E-state index contributed by atoms with van der Waals surface area (Å²) in [6.45, 7) is 5.72. The Balaban J connectivity index is 2.30. The molecule has 0 unspecified atom stereocenters. The smallest absolute Gasteiger partial charge is 0.260 e. The zero-order valence-electron chi connectivity index (χ0n) is 12.7.